The summed E-state index contributed by atoms with van der Waals surface area (Å²) in [7, 11) is 3.37. The average Bonchev–Trinajstić information content (AvgIpc) is 2.72. The Labute approximate surface area is 121 Å². The third kappa shape index (κ3) is 4.37. The van der Waals surface area contributed by atoms with Crippen LogP contribution in [-0.2, 0) is 4.79 Å². The van der Waals surface area contributed by atoms with Gasteiger partial charge in [0.2, 0.25) is 5.91 Å². The second kappa shape index (κ2) is 7.47. The lowest BCUT2D eigenvalue weighted by molar-refractivity contribution is -0.126. The summed E-state index contributed by atoms with van der Waals surface area (Å²) in [5, 5.41) is 5.60. The molecule has 6 nitrogen and oxygen atoms in total. The quantitative estimate of drug-likeness (QED) is 0.728. The van der Waals surface area contributed by atoms with Crippen LogP contribution in [0.1, 0.15) is 33.6 Å². The molecule has 1 aliphatic heterocycles. The Balaban J connectivity index is 2.30. The van der Waals surface area contributed by atoms with Crippen molar-refractivity contribution in [1.29, 1.82) is 0 Å². The number of hydrogen-bond donors (Lipinski definition) is 2. The minimum absolute atomic E-state index is 0.0321. The van der Waals surface area contributed by atoms with E-state index >= 15 is 0 Å². The topological polar surface area (TPSA) is 64.7 Å². The summed E-state index contributed by atoms with van der Waals surface area (Å²) < 4.78 is 0. The van der Waals surface area contributed by atoms with Gasteiger partial charge in [0.25, 0.3) is 0 Å². The van der Waals surface area contributed by atoms with E-state index in [0.717, 1.165) is 12.8 Å². The van der Waals surface area contributed by atoms with Gasteiger partial charge in [-0.1, -0.05) is 0 Å². The van der Waals surface area contributed by atoms with Crippen LogP contribution in [0.15, 0.2) is 0 Å². The van der Waals surface area contributed by atoms with E-state index in [4.69, 9.17) is 0 Å². The molecule has 1 fully saturated rings. The van der Waals surface area contributed by atoms with Crippen LogP contribution in [0, 0.1) is 0 Å². The molecular formula is C14H28N4O2. The van der Waals surface area contributed by atoms with Crippen molar-refractivity contribution >= 4 is 11.9 Å². The molecule has 0 aromatic heterocycles. The lowest BCUT2D eigenvalue weighted by atomic mass is 10.2. The highest BCUT2D eigenvalue weighted by atomic mass is 16.2. The second-order valence-corrected chi connectivity index (χ2v) is 5.82. The van der Waals surface area contributed by atoms with Gasteiger partial charge in [-0.3, -0.25) is 9.69 Å². The van der Waals surface area contributed by atoms with Crippen molar-refractivity contribution < 1.29 is 9.59 Å². The molecule has 1 aliphatic rings. The lowest BCUT2D eigenvalue weighted by Crippen LogP contribution is -2.50. The van der Waals surface area contributed by atoms with Crippen molar-refractivity contribution in [3.05, 3.63) is 0 Å². The zero-order valence-corrected chi connectivity index (χ0v) is 13.3. The van der Waals surface area contributed by atoms with Gasteiger partial charge in [-0.15, -0.1) is 0 Å². The SMILES string of the molecule is C[C@@H]1CC[C@@H](C)N1[C@H](C)C(=O)NCCNC(=O)N(C)C. The molecule has 116 valence electrons. The zero-order valence-electron chi connectivity index (χ0n) is 13.3. The molecule has 2 N–H and O–H groups in total. The summed E-state index contributed by atoms with van der Waals surface area (Å²) in [5.41, 5.74) is 0. The minimum atomic E-state index is -0.144. The number of urea groups is 1. The molecule has 0 aromatic rings. The standard InChI is InChI=1S/C14H28N4O2/c1-10-6-7-11(2)18(10)12(3)13(19)15-8-9-16-14(20)17(4)5/h10-12H,6-9H2,1-5H3,(H,15,19)(H,16,20)/t10-,11-,12-/m1/s1. The van der Waals surface area contributed by atoms with Gasteiger partial charge in [0.1, 0.15) is 0 Å². The minimum Gasteiger partial charge on any atom is -0.353 e. The van der Waals surface area contributed by atoms with Crippen molar-refractivity contribution in [3.8, 4) is 0 Å². The number of nitrogens with zero attached hydrogens (tertiary/aromatic N) is 2. The first-order valence-corrected chi connectivity index (χ1v) is 7.35. The summed E-state index contributed by atoms with van der Waals surface area (Å²) in [6.45, 7) is 7.20. The first-order valence-electron chi connectivity index (χ1n) is 7.35. The number of carbonyl (C=O) groups is 2. The highest BCUT2D eigenvalue weighted by Crippen LogP contribution is 2.25. The normalized spacial score (nSPS) is 24.2. The number of rotatable bonds is 5. The molecule has 6 heteroatoms. The van der Waals surface area contributed by atoms with Crippen LogP contribution in [0.2, 0.25) is 0 Å². The van der Waals surface area contributed by atoms with Crippen LogP contribution >= 0.6 is 0 Å². The van der Waals surface area contributed by atoms with Crippen molar-refractivity contribution in [3.63, 3.8) is 0 Å². The fourth-order valence-electron chi connectivity index (χ4n) is 2.77. The van der Waals surface area contributed by atoms with Gasteiger partial charge in [-0.2, -0.15) is 0 Å². The van der Waals surface area contributed by atoms with Crippen LogP contribution < -0.4 is 10.6 Å². The van der Waals surface area contributed by atoms with Crippen molar-refractivity contribution in [2.45, 2.75) is 51.7 Å². The maximum Gasteiger partial charge on any atom is 0.316 e. The first-order chi connectivity index (χ1) is 9.34. The van der Waals surface area contributed by atoms with E-state index in [9.17, 15) is 9.59 Å². The molecule has 0 aliphatic carbocycles. The van der Waals surface area contributed by atoms with E-state index in [1.807, 2.05) is 6.92 Å². The molecule has 0 unspecified atom stereocenters. The number of nitrogens with one attached hydrogen (secondary N) is 2. The van der Waals surface area contributed by atoms with E-state index in [1.54, 1.807) is 14.1 Å². The summed E-state index contributed by atoms with van der Waals surface area (Å²) in [5.74, 6) is 0.0321. The molecule has 0 bridgehead atoms. The van der Waals surface area contributed by atoms with Gasteiger partial charge in [-0.25, -0.2) is 4.79 Å². The summed E-state index contributed by atoms with van der Waals surface area (Å²) in [6, 6.07) is 0.652. The Morgan fingerprint density at radius 3 is 2.15 bits per heavy atom. The molecule has 0 saturated carbocycles. The third-order valence-corrected chi connectivity index (χ3v) is 3.95. The van der Waals surface area contributed by atoms with E-state index in [-0.39, 0.29) is 18.0 Å². The summed E-state index contributed by atoms with van der Waals surface area (Å²) in [4.78, 5) is 27.2. The molecule has 3 amide bonds. The monoisotopic (exact) mass is 284 g/mol. The third-order valence-electron chi connectivity index (χ3n) is 3.95. The molecule has 0 radical (unpaired) electrons. The highest BCUT2D eigenvalue weighted by Gasteiger charge is 2.34. The summed E-state index contributed by atoms with van der Waals surface area (Å²) in [6.07, 6.45) is 2.30. The zero-order chi connectivity index (χ0) is 15.3. The average molecular weight is 284 g/mol. The molecule has 1 heterocycles. The number of amides is 3. The maximum atomic E-state index is 12.1. The van der Waals surface area contributed by atoms with Gasteiger partial charge in [-0.05, 0) is 33.6 Å². The molecule has 1 rings (SSSR count). The molecule has 0 spiro atoms. The Morgan fingerprint density at radius 1 is 1.15 bits per heavy atom. The van der Waals surface area contributed by atoms with Gasteiger partial charge >= 0.3 is 6.03 Å². The van der Waals surface area contributed by atoms with Crippen molar-refractivity contribution in [2.24, 2.45) is 0 Å². The van der Waals surface area contributed by atoms with E-state index < -0.39 is 0 Å². The van der Waals surface area contributed by atoms with Crippen molar-refractivity contribution in [2.75, 3.05) is 27.2 Å². The van der Waals surface area contributed by atoms with E-state index in [2.05, 4.69) is 29.4 Å². The largest absolute Gasteiger partial charge is 0.353 e. The molecule has 20 heavy (non-hydrogen) atoms. The van der Waals surface area contributed by atoms with Crippen molar-refractivity contribution in [1.82, 2.24) is 20.4 Å². The molecular weight excluding hydrogens is 256 g/mol. The number of hydrogen-bond acceptors (Lipinski definition) is 3. The highest BCUT2D eigenvalue weighted by molar-refractivity contribution is 5.81. The summed E-state index contributed by atoms with van der Waals surface area (Å²) >= 11 is 0. The van der Waals surface area contributed by atoms with Crippen LogP contribution in [0.25, 0.3) is 0 Å². The Morgan fingerprint density at radius 2 is 1.65 bits per heavy atom. The van der Waals surface area contributed by atoms with Crippen LogP contribution in [-0.4, -0.2) is 67.0 Å². The van der Waals surface area contributed by atoms with Crippen LogP contribution in [0.3, 0.4) is 0 Å². The predicted octanol–water partition coefficient (Wildman–Crippen LogP) is 0.635. The maximum absolute atomic E-state index is 12.1. The fourth-order valence-corrected chi connectivity index (χ4v) is 2.77. The van der Waals surface area contributed by atoms with E-state index in [0.29, 0.717) is 25.2 Å². The Kier molecular flexibility index (Phi) is 6.26. The van der Waals surface area contributed by atoms with Crippen LogP contribution in [0.5, 0.6) is 0 Å². The first kappa shape index (κ1) is 16.8. The molecule has 0 aromatic carbocycles. The molecule has 1 saturated heterocycles. The number of likely N-dealkylation sites (tertiary alicyclic amines) is 1. The second-order valence-electron chi connectivity index (χ2n) is 5.82. The van der Waals surface area contributed by atoms with Crippen LogP contribution in [0.4, 0.5) is 4.79 Å². The van der Waals surface area contributed by atoms with Gasteiger partial charge in [0.05, 0.1) is 6.04 Å². The lowest BCUT2D eigenvalue weighted by Gasteiger charge is -2.31. The number of carbonyl (C=O) groups excluding carboxylic acids is 2. The molecule has 3 atom stereocenters. The van der Waals surface area contributed by atoms with E-state index in [1.165, 1.54) is 4.90 Å². The Hall–Kier alpha value is -1.30. The predicted molar refractivity (Wildman–Crippen MR) is 79.6 cm³/mol. The fraction of sp³-hybridized carbons (Fsp3) is 0.857. The van der Waals surface area contributed by atoms with Gasteiger partial charge in [0, 0.05) is 39.3 Å². The van der Waals surface area contributed by atoms with Gasteiger partial charge in [0.15, 0.2) is 0 Å². The smallest absolute Gasteiger partial charge is 0.316 e. The Bertz CT molecular complexity index is 336. The van der Waals surface area contributed by atoms with Gasteiger partial charge < -0.3 is 15.5 Å².